The van der Waals surface area contributed by atoms with Crippen molar-refractivity contribution in [2.45, 2.75) is 25.8 Å². The summed E-state index contributed by atoms with van der Waals surface area (Å²) >= 11 is 5.09. The summed E-state index contributed by atoms with van der Waals surface area (Å²) in [6.07, 6.45) is 0.479. The van der Waals surface area contributed by atoms with E-state index >= 15 is 0 Å². The summed E-state index contributed by atoms with van der Waals surface area (Å²) in [6, 6.07) is 9.68. The molecule has 0 radical (unpaired) electrons. The number of thiophene rings is 1. The van der Waals surface area contributed by atoms with E-state index in [0.29, 0.717) is 13.0 Å². The topological polar surface area (TPSA) is 55.1 Å². The molecule has 106 valence electrons. The minimum atomic E-state index is 0.0645. The van der Waals surface area contributed by atoms with Crippen LogP contribution in [0.15, 0.2) is 40.2 Å². The molecule has 0 spiro atoms. The number of hydrogen-bond acceptors (Lipinski definition) is 3. The third-order valence-corrected chi connectivity index (χ3v) is 5.06. The van der Waals surface area contributed by atoms with Crippen LogP contribution in [-0.2, 0) is 11.3 Å². The molecular weight excluding hydrogens is 336 g/mol. The van der Waals surface area contributed by atoms with E-state index in [2.05, 4.69) is 21.2 Å². The zero-order valence-corrected chi connectivity index (χ0v) is 13.6. The Morgan fingerprint density at radius 2 is 2.05 bits per heavy atom. The first-order chi connectivity index (χ1) is 9.56. The van der Waals surface area contributed by atoms with Crippen LogP contribution in [0.2, 0.25) is 0 Å². The molecule has 0 saturated carbocycles. The van der Waals surface area contributed by atoms with Crippen LogP contribution in [0.5, 0.6) is 0 Å². The number of nitrogens with one attached hydrogen (secondary N) is 1. The molecule has 3 nitrogen and oxygen atoms in total. The van der Waals surface area contributed by atoms with Crippen LogP contribution in [0.4, 0.5) is 5.69 Å². The largest absolute Gasteiger partial charge is 0.399 e. The number of anilines is 1. The van der Waals surface area contributed by atoms with Crippen molar-refractivity contribution >= 4 is 38.9 Å². The van der Waals surface area contributed by atoms with E-state index in [0.717, 1.165) is 20.6 Å². The number of hydrogen-bond donors (Lipinski definition) is 2. The van der Waals surface area contributed by atoms with Crippen molar-refractivity contribution in [3.63, 3.8) is 0 Å². The maximum absolute atomic E-state index is 12.0. The van der Waals surface area contributed by atoms with Gasteiger partial charge in [-0.25, -0.2) is 0 Å². The zero-order valence-electron chi connectivity index (χ0n) is 11.2. The lowest BCUT2D eigenvalue weighted by Gasteiger charge is -2.12. The van der Waals surface area contributed by atoms with Gasteiger partial charge in [0.1, 0.15) is 0 Å². The van der Waals surface area contributed by atoms with Gasteiger partial charge in [0.2, 0.25) is 5.91 Å². The van der Waals surface area contributed by atoms with Gasteiger partial charge in [-0.05, 0) is 51.0 Å². The molecule has 0 bridgehead atoms. The van der Waals surface area contributed by atoms with Crippen LogP contribution >= 0.6 is 27.3 Å². The molecule has 1 heterocycles. The van der Waals surface area contributed by atoms with Gasteiger partial charge >= 0.3 is 0 Å². The van der Waals surface area contributed by atoms with Gasteiger partial charge in [-0.1, -0.05) is 19.1 Å². The Morgan fingerprint density at radius 3 is 2.65 bits per heavy atom. The Kier molecular flexibility index (Phi) is 5.20. The Hall–Kier alpha value is -1.33. The van der Waals surface area contributed by atoms with Crippen molar-refractivity contribution in [2.75, 3.05) is 5.73 Å². The first kappa shape index (κ1) is 15.1. The minimum Gasteiger partial charge on any atom is -0.399 e. The second-order valence-corrected chi connectivity index (χ2v) is 6.60. The summed E-state index contributed by atoms with van der Waals surface area (Å²) < 4.78 is 1.05. The Balaban J connectivity index is 1.85. The maximum Gasteiger partial charge on any atom is 0.220 e. The number of carbonyl (C=O) groups is 1. The smallest absolute Gasteiger partial charge is 0.220 e. The Labute approximate surface area is 131 Å². The molecule has 1 aromatic carbocycles. The standard InChI is InChI=1S/C15H17BrN2OS/c1-10(11-2-4-12(17)5-3-11)8-15(19)18-9-14-13(16)6-7-20-14/h2-7,10H,8-9,17H2,1H3,(H,18,19). The number of benzene rings is 1. The lowest BCUT2D eigenvalue weighted by Crippen LogP contribution is -2.23. The molecule has 1 unspecified atom stereocenters. The molecule has 5 heteroatoms. The second-order valence-electron chi connectivity index (χ2n) is 4.74. The SMILES string of the molecule is CC(CC(=O)NCc1sccc1Br)c1ccc(N)cc1. The first-order valence-electron chi connectivity index (χ1n) is 6.40. The molecule has 3 N–H and O–H groups in total. The average molecular weight is 353 g/mol. The van der Waals surface area contributed by atoms with Crippen LogP contribution < -0.4 is 11.1 Å². The van der Waals surface area contributed by atoms with Crippen LogP contribution in [0.3, 0.4) is 0 Å². The number of halogens is 1. The number of rotatable bonds is 5. The van der Waals surface area contributed by atoms with Gasteiger partial charge in [-0.15, -0.1) is 11.3 Å². The molecule has 0 aliphatic heterocycles. The van der Waals surface area contributed by atoms with Gasteiger partial charge in [0.15, 0.2) is 0 Å². The van der Waals surface area contributed by atoms with Gasteiger partial charge in [0.05, 0.1) is 6.54 Å². The second kappa shape index (κ2) is 6.90. The van der Waals surface area contributed by atoms with Crippen LogP contribution in [-0.4, -0.2) is 5.91 Å². The molecule has 20 heavy (non-hydrogen) atoms. The van der Waals surface area contributed by atoms with Crippen LogP contribution in [0.1, 0.15) is 29.7 Å². The summed E-state index contributed by atoms with van der Waals surface area (Å²) in [5.74, 6) is 0.247. The molecule has 2 rings (SSSR count). The van der Waals surface area contributed by atoms with Crippen molar-refractivity contribution in [1.82, 2.24) is 5.32 Å². The molecule has 1 aromatic heterocycles. The van der Waals surface area contributed by atoms with Crippen molar-refractivity contribution in [3.8, 4) is 0 Å². The fourth-order valence-corrected chi connectivity index (χ4v) is 3.35. The van der Waals surface area contributed by atoms with Crippen molar-refractivity contribution in [1.29, 1.82) is 0 Å². The molecule has 1 atom stereocenters. The molecule has 0 aliphatic carbocycles. The van der Waals surface area contributed by atoms with Gasteiger partial charge in [-0.2, -0.15) is 0 Å². The summed E-state index contributed by atoms with van der Waals surface area (Å²) in [4.78, 5) is 13.1. The minimum absolute atomic E-state index is 0.0645. The third-order valence-electron chi connectivity index (χ3n) is 3.13. The number of nitrogen functional groups attached to an aromatic ring is 1. The number of amides is 1. The average Bonchev–Trinajstić information content (AvgIpc) is 2.82. The maximum atomic E-state index is 12.0. The normalized spacial score (nSPS) is 12.1. The van der Waals surface area contributed by atoms with E-state index in [9.17, 15) is 4.79 Å². The molecule has 0 fully saturated rings. The van der Waals surface area contributed by atoms with Crippen molar-refractivity contribution < 1.29 is 4.79 Å². The fraction of sp³-hybridized carbons (Fsp3) is 0.267. The summed E-state index contributed by atoms with van der Waals surface area (Å²) in [5, 5.41) is 4.96. The third kappa shape index (κ3) is 4.08. The van der Waals surface area contributed by atoms with Crippen molar-refractivity contribution in [2.24, 2.45) is 0 Å². The van der Waals surface area contributed by atoms with Crippen LogP contribution in [0, 0.1) is 0 Å². The molecular formula is C15H17BrN2OS. The van der Waals surface area contributed by atoms with E-state index in [1.54, 1.807) is 11.3 Å². The first-order valence-corrected chi connectivity index (χ1v) is 8.07. The van der Waals surface area contributed by atoms with Gasteiger partial charge in [0.25, 0.3) is 0 Å². The van der Waals surface area contributed by atoms with Crippen LogP contribution in [0.25, 0.3) is 0 Å². The summed E-state index contributed by atoms with van der Waals surface area (Å²) in [7, 11) is 0. The summed E-state index contributed by atoms with van der Waals surface area (Å²) in [5.41, 5.74) is 7.54. The molecule has 0 aliphatic rings. The lowest BCUT2D eigenvalue weighted by atomic mass is 9.97. The quantitative estimate of drug-likeness (QED) is 0.801. The Morgan fingerprint density at radius 1 is 1.35 bits per heavy atom. The lowest BCUT2D eigenvalue weighted by molar-refractivity contribution is -0.121. The number of carbonyl (C=O) groups excluding carboxylic acids is 1. The van der Waals surface area contributed by atoms with E-state index in [4.69, 9.17) is 5.73 Å². The van der Waals surface area contributed by atoms with E-state index < -0.39 is 0 Å². The highest BCUT2D eigenvalue weighted by molar-refractivity contribution is 9.10. The van der Waals surface area contributed by atoms with Gasteiger partial charge in [0, 0.05) is 21.5 Å². The van der Waals surface area contributed by atoms with E-state index in [-0.39, 0.29) is 11.8 Å². The molecule has 0 saturated heterocycles. The Bertz CT molecular complexity index is 580. The molecule has 2 aromatic rings. The highest BCUT2D eigenvalue weighted by Gasteiger charge is 2.11. The predicted octanol–water partition coefficient (Wildman–Crippen LogP) is 3.90. The zero-order chi connectivity index (χ0) is 14.5. The van der Waals surface area contributed by atoms with Crippen molar-refractivity contribution in [3.05, 3.63) is 50.6 Å². The fourth-order valence-electron chi connectivity index (χ4n) is 1.92. The van der Waals surface area contributed by atoms with Gasteiger partial charge in [-0.3, -0.25) is 4.79 Å². The number of nitrogens with two attached hydrogens (primary N) is 1. The molecule has 1 amide bonds. The highest BCUT2D eigenvalue weighted by Crippen LogP contribution is 2.23. The predicted molar refractivity (Wildman–Crippen MR) is 87.8 cm³/mol. The van der Waals surface area contributed by atoms with E-state index in [1.165, 1.54) is 0 Å². The highest BCUT2D eigenvalue weighted by atomic mass is 79.9. The van der Waals surface area contributed by atoms with Gasteiger partial charge < -0.3 is 11.1 Å². The summed E-state index contributed by atoms with van der Waals surface area (Å²) in [6.45, 7) is 2.62. The van der Waals surface area contributed by atoms with E-state index in [1.807, 2.05) is 42.6 Å². The monoisotopic (exact) mass is 352 g/mol.